The second-order valence-corrected chi connectivity index (χ2v) is 6.23. The Morgan fingerprint density at radius 3 is 2.82 bits per heavy atom. The number of carbonyl (C=O) groups is 1. The van der Waals surface area contributed by atoms with Crippen LogP contribution < -0.4 is 10.2 Å². The lowest BCUT2D eigenvalue weighted by molar-refractivity contribution is 0.211. The Morgan fingerprint density at radius 2 is 2.07 bits per heavy atom. The summed E-state index contributed by atoms with van der Waals surface area (Å²) in [6, 6.07) is 7.98. The molecule has 1 aromatic carbocycles. The first-order chi connectivity index (χ1) is 13.5. The third-order valence-corrected chi connectivity index (χ3v) is 4.23. The minimum atomic E-state index is -0.706. The Kier molecular flexibility index (Phi) is 4.44. The Morgan fingerprint density at radius 1 is 1.21 bits per heavy atom. The van der Waals surface area contributed by atoms with Crippen molar-refractivity contribution in [1.82, 2.24) is 19.6 Å². The Hall–Kier alpha value is -3.81. The number of nitrogens with one attached hydrogen (secondary N) is 1. The fraction of sp³-hybridized carbons (Fsp3) is 0.100. The SMILES string of the molecule is Cc1nc(-c2cccnc2)ncc1OC(=O)Nn1cc(C)c2cc(F)ccc21. The number of benzene rings is 1. The van der Waals surface area contributed by atoms with E-state index in [-0.39, 0.29) is 11.6 Å². The predicted molar refractivity (Wildman–Crippen MR) is 102 cm³/mol. The summed E-state index contributed by atoms with van der Waals surface area (Å²) < 4.78 is 20.3. The van der Waals surface area contributed by atoms with Gasteiger partial charge in [0.15, 0.2) is 11.6 Å². The fourth-order valence-electron chi connectivity index (χ4n) is 2.87. The van der Waals surface area contributed by atoms with Crippen LogP contribution in [0.3, 0.4) is 0 Å². The quantitative estimate of drug-likeness (QED) is 0.584. The summed E-state index contributed by atoms with van der Waals surface area (Å²) in [5.74, 6) is 0.397. The van der Waals surface area contributed by atoms with Crippen LogP contribution in [0.2, 0.25) is 0 Å². The van der Waals surface area contributed by atoms with Gasteiger partial charge in [0.25, 0.3) is 0 Å². The van der Waals surface area contributed by atoms with Gasteiger partial charge in [-0.15, -0.1) is 0 Å². The van der Waals surface area contributed by atoms with E-state index in [1.807, 2.05) is 13.0 Å². The van der Waals surface area contributed by atoms with Crippen LogP contribution >= 0.6 is 0 Å². The van der Waals surface area contributed by atoms with Gasteiger partial charge in [-0.25, -0.2) is 24.6 Å². The Labute approximate surface area is 159 Å². The molecule has 0 aliphatic carbocycles. The van der Waals surface area contributed by atoms with Crippen LogP contribution in [-0.2, 0) is 0 Å². The van der Waals surface area contributed by atoms with Gasteiger partial charge in [-0.1, -0.05) is 0 Å². The van der Waals surface area contributed by atoms with Crippen molar-refractivity contribution in [3.05, 3.63) is 72.2 Å². The number of fused-ring (bicyclic) bond motifs is 1. The zero-order chi connectivity index (χ0) is 19.7. The van der Waals surface area contributed by atoms with Crippen molar-refractivity contribution in [3.63, 3.8) is 0 Å². The van der Waals surface area contributed by atoms with Crippen molar-refractivity contribution in [2.24, 2.45) is 0 Å². The van der Waals surface area contributed by atoms with E-state index in [1.165, 1.54) is 23.0 Å². The molecule has 0 unspecified atom stereocenters. The number of aryl methyl sites for hydroxylation is 2. The van der Waals surface area contributed by atoms with E-state index in [1.54, 1.807) is 37.6 Å². The van der Waals surface area contributed by atoms with E-state index >= 15 is 0 Å². The molecule has 0 bridgehead atoms. The third-order valence-electron chi connectivity index (χ3n) is 4.23. The van der Waals surface area contributed by atoms with E-state index in [4.69, 9.17) is 4.74 Å². The van der Waals surface area contributed by atoms with Crippen LogP contribution in [0, 0.1) is 19.7 Å². The number of aromatic nitrogens is 4. The summed E-state index contributed by atoms with van der Waals surface area (Å²) in [4.78, 5) is 24.9. The van der Waals surface area contributed by atoms with Crippen LogP contribution in [0.15, 0.2) is 55.1 Å². The van der Waals surface area contributed by atoms with Gasteiger partial charge in [0.2, 0.25) is 0 Å². The van der Waals surface area contributed by atoms with Crippen molar-refractivity contribution in [1.29, 1.82) is 0 Å². The molecule has 0 aliphatic rings. The number of amides is 1. The molecule has 0 saturated carbocycles. The largest absolute Gasteiger partial charge is 0.432 e. The molecule has 0 saturated heterocycles. The highest BCUT2D eigenvalue weighted by molar-refractivity contribution is 5.87. The summed E-state index contributed by atoms with van der Waals surface area (Å²) in [6.45, 7) is 3.56. The van der Waals surface area contributed by atoms with Crippen molar-refractivity contribution in [2.45, 2.75) is 13.8 Å². The molecule has 3 aromatic heterocycles. The molecular weight excluding hydrogens is 361 g/mol. The van der Waals surface area contributed by atoms with E-state index in [0.717, 1.165) is 11.1 Å². The summed E-state index contributed by atoms with van der Waals surface area (Å²) in [6.07, 6.45) is 5.75. The van der Waals surface area contributed by atoms with Gasteiger partial charge in [0.1, 0.15) is 5.82 Å². The van der Waals surface area contributed by atoms with Crippen LogP contribution in [0.1, 0.15) is 11.3 Å². The summed E-state index contributed by atoms with van der Waals surface area (Å²) in [7, 11) is 0. The number of ether oxygens (including phenoxy) is 1. The molecule has 0 aliphatic heterocycles. The highest BCUT2D eigenvalue weighted by Gasteiger charge is 2.13. The van der Waals surface area contributed by atoms with Gasteiger partial charge in [-0.2, -0.15) is 0 Å². The van der Waals surface area contributed by atoms with Crippen LogP contribution in [-0.4, -0.2) is 25.7 Å². The summed E-state index contributed by atoms with van der Waals surface area (Å²) >= 11 is 0. The molecular formula is C20H16FN5O2. The molecule has 1 N–H and O–H groups in total. The van der Waals surface area contributed by atoms with Crippen LogP contribution in [0.4, 0.5) is 9.18 Å². The number of hydrogen-bond donors (Lipinski definition) is 1. The van der Waals surface area contributed by atoms with Crippen molar-refractivity contribution < 1.29 is 13.9 Å². The lowest BCUT2D eigenvalue weighted by atomic mass is 10.2. The molecule has 7 nitrogen and oxygen atoms in total. The molecule has 0 spiro atoms. The third kappa shape index (κ3) is 3.39. The first kappa shape index (κ1) is 17.6. The number of rotatable bonds is 3. The van der Waals surface area contributed by atoms with Gasteiger partial charge < -0.3 is 4.74 Å². The smallest absolute Gasteiger partial charge is 0.406 e. The predicted octanol–water partition coefficient (Wildman–Crippen LogP) is 3.99. The molecule has 28 heavy (non-hydrogen) atoms. The van der Waals surface area contributed by atoms with Crippen molar-refractivity contribution in [3.8, 4) is 17.1 Å². The average molecular weight is 377 g/mol. The average Bonchev–Trinajstić information content (AvgIpc) is 2.99. The van der Waals surface area contributed by atoms with Crippen LogP contribution in [0.25, 0.3) is 22.3 Å². The lowest BCUT2D eigenvalue weighted by Gasteiger charge is -2.10. The second kappa shape index (κ2) is 7.07. The Balaban J connectivity index is 1.53. The molecule has 4 rings (SSSR count). The van der Waals surface area contributed by atoms with Crippen LogP contribution in [0.5, 0.6) is 5.75 Å². The van der Waals surface area contributed by atoms with E-state index < -0.39 is 6.09 Å². The highest BCUT2D eigenvalue weighted by Crippen LogP contribution is 2.22. The highest BCUT2D eigenvalue weighted by atomic mass is 19.1. The molecule has 3 heterocycles. The number of nitrogens with zero attached hydrogens (tertiary/aromatic N) is 4. The summed E-state index contributed by atoms with van der Waals surface area (Å²) in [5.41, 5.74) is 5.39. The van der Waals surface area contributed by atoms with Gasteiger partial charge in [-0.05, 0) is 49.7 Å². The van der Waals surface area contributed by atoms with Gasteiger partial charge in [0, 0.05) is 29.5 Å². The fourth-order valence-corrected chi connectivity index (χ4v) is 2.87. The van der Waals surface area contributed by atoms with Gasteiger partial charge in [0.05, 0.1) is 17.4 Å². The second-order valence-electron chi connectivity index (χ2n) is 6.23. The van der Waals surface area contributed by atoms with Crippen molar-refractivity contribution >= 4 is 17.0 Å². The maximum Gasteiger partial charge on any atom is 0.432 e. The molecule has 8 heteroatoms. The van der Waals surface area contributed by atoms with E-state index in [2.05, 4.69) is 20.4 Å². The van der Waals surface area contributed by atoms with E-state index in [9.17, 15) is 9.18 Å². The van der Waals surface area contributed by atoms with E-state index in [0.29, 0.717) is 22.4 Å². The maximum absolute atomic E-state index is 13.4. The first-order valence-electron chi connectivity index (χ1n) is 8.51. The standard InChI is InChI=1S/C20H16FN5O2/c1-12-11-26(17-6-5-15(21)8-16(12)17)25-20(27)28-18-10-23-19(24-13(18)2)14-4-3-7-22-9-14/h3-11H,1-2H3,(H,25,27). The number of hydrogen-bond acceptors (Lipinski definition) is 5. The number of carbonyl (C=O) groups excluding carboxylic acids is 1. The molecule has 140 valence electrons. The van der Waals surface area contributed by atoms with Gasteiger partial charge in [-0.3, -0.25) is 9.66 Å². The molecule has 1 amide bonds. The normalized spacial score (nSPS) is 10.8. The maximum atomic E-state index is 13.4. The lowest BCUT2D eigenvalue weighted by Crippen LogP contribution is -2.25. The number of pyridine rings is 1. The van der Waals surface area contributed by atoms with Crippen molar-refractivity contribution in [2.75, 3.05) is 5.43 Å². The minimum Gasteiger partial charge on any atom is -0.406 e. The minimum absolute atomic E-state index is 0.240. The molecule has 4 aromatic rings. The van der Waals surface area contributed by atoms with Gasteiger partial charge >= 0.3 is 6.09 Å². The Bertz CT molecular complexity index is 1170. The molecule has 0 radical (unpaired) electrons. The summed E-state index contributed by atoms with van der Waals surface area (Å²) in [5, 5.41) is 0.709. The first-order valence-corrected chi connectivity index (χ1v) is 8.51. The zero-order valence-corrected chi connectivity index (χ0v) is 15.2. The topological polar surface area (TPSA) is 81.9 Å². The molecule has 0 fully saturated rings. The zero-order valence-electron chi connectivity index (χ0n) is 15.2. The molecule has 0 atom stereocenters. The monoisotopic (exact) mass is 377 g/mol. The number of halogens is 1.